The molecule has 1 aliphatic carbocycles. The van der Waals surface area contributed by atoms with Gasteiger partial charge in [-0.25, -0.2) is 0 Å². The fourth-order valence-electron chi connectivity index (χ4n) is 3.82. The number of thiocarbonyl (C=S) groups is 1. The summed E-state index contributed by atoms with van der Waals surface area (Å²) < 4.78 is 5.11. The lowest BCUT2D eigenvalue weighted by molar-refractivity contribution is -0.140. The zero-order valence-corrected chi connectivity index (χ0v) is 17.2. The molecular weight excluding hydrogens is 392 g/mol. The van der Waals surface area contributed by atoms with Gasteiger partial charge in [0.25, 0.3) is 0 Å². The molecule has 1 saturated carbocycles. The first-order chi connectivity index (χ1) is 14.0. The SMILES string of the molecule is COc1ccc(CNC(=S)NNC(=O)CCN2C(=O)[C@@H]3CCCC[C@H]3C2=O)cc1. The summed E-state index contributed by atoms with van der Waals surface area (Å²) in [6.07, 6.45) is 3.55. The molecule has 0 aromatic heterocycles. The zero-order valence-electron chi connectivity index (χ0n) is 16.4. The van der Waals surface area contributed by atoms with Gasteiger partial charge in [0.2, 0.25) is 17.7 Å². The van der Waals surface area contributed by atoms with E-state index in [0.717, 1.165) is 37.0 Å². The molecule has 2 atom stereocenters. The molecule has 1 aromatic carbocycles. The molecule has 3 N–H and O–H groups in total. The molecule has 0 bridgehead atoms. The lowest BCUT2D eigenvalue weighted by Crippen LogP contribution is -2.47. The fraction of sp³-hybridized carbons (Fsp3) is 0.500. The average Bonchev–Trinajstić information content (AvgIpc) is 2.99. The number of likely N-dealkylation sites (tertiary alicyclic amines) is 1. The van der Waals surface area contributed by atoms with Crippen LogP contribution in [0.2, 0.25) is 0 Å². The summed E-state index contributed by atoms with van der Waals surface area (Å²) in [7, 11) is 1.61. The zero-order chi connectivity index (χ0) is 20.8. The van der Waals surface area contributed by atoms with Crippen LogP contribution in [-0.2, 0) is 20.9 Å². The highest BCUT2D eigenvalue weighted by Gasteiger charge is 2.47. The van der Waals surface area contributed by atoms with Gasteiger partial charge < -0.3 is 10.1 Å². The summed E-state index contributed by atoms with van der Waals surface area (Å²) in [4.78, 5) is 38.1. The van der Waals surface area contributed by atoms with Crippen molar-refractivity contribution in [3.05, 3.63) is 29.8 Å². The Balaban J connectivity index is 1.36. The van der Waals surface area contributed by atoms with Gasteiger partial charge in [-0.3, -0.25) is 30.1 Å². The first-order valence-corrected chi connectivity index (χ1v) is 10.2. The first kappa shape index (κ1) is 21.0. The molecule has 1 aromatic rings. The van der Waals surface area contributed by atoms with E-state index < -0.39 is 0 Å². The number of rotatable bonds is 6. The molecule has 0 spiro atoms. The number of amides is 3. The predicted molar refractivity (Wildman–Crippen MR) is 110 cm³/mol. The molecule has 156 valence electrons. The summed E-state index contributed by atoms with van der Waals surface area (Å²) >= 11 is 5.14. The third-order valence-corrected chi connectivity index (χ3v) is 5.67. The lowest BCUT2D eigenvalue weighted by Gasteiger charge is -2.19. The first-order valence-electron chi connectivity index (χ1n) is 9.80. The minimum Gasteiger partial charge on any atom is -0.497 e. The van der Waals surface area contributed by atoms with E-state index in [2.05, 4.69) is 16.2 Å². The molecule has 1 saturated heterocycles. The molecule has 1 aliphatic heterocycles. The van der Waals surface area contributed by atoms with Gasteiger partial charge in [-0.05, 0) is 42.8 Å². The Morgan fingerprint density at radius 2 is 1.72 bits per heavy atom. The highest BCUT2D eigenvalue weighted by Crippen LogP contribution is 2.37. The van der Waals surface area contributed by atoms with Gasteiger partial charge in [-0.2, -0.15) is 0 Å². The average molecular weight is 419 g/mol. The summed E-state index contributed by atoms with van der Waals surface area (Å²) in [6.45, 7) is 0.593. The second kappa shape index (κ2) is 9.69. The molecule has 8 nitrogen and oxygen atoms in total. The third kappa shape index (κ3) is 5.23. The van der Waals surface area contributed by atoms with Crippen molar-refractivity contribution < 1.29 is 19.1 Å². The minimum absolute atomic E-state index is 0.0328. The number of imide groups is 1. The van der Waals surface area contributed by atoms with Gasteiger partial charge in [0.1, 0.15) is 5.75 Å². The van der Waals surface area contributed by atoms with E-state index in [4.69, 9.17) is 17.0 Å². The summed E-state index contributed by atoms with van der Waals surface area (Å²) in [5, 5.41) is 3.25. The van der Waals surface area contributed by atoms with Crippen molar-refractivity contribution in [2.45, 2.75) is 38.6 Å². The largest absolute Gasteiger partial charge is 0.497 e. The van der Waals surface area contributed by atoms with E-state index >= 15 is 0 Å². The quantitative estimate of drug-likeness (QED) is 0.363. The number of hydrogen-bond donors (Lipinski definition) is 3. The van der Waals surface area contributed by atoms with Gasteiger partial charge in [0.15, 0.2) is 5.11 Å². The van der Waals surface area contributed by atoms with E-state index in [0.29, 0.717) is 6.54 Å². The smallest absolute Gasteiger partial charge is 0.240 e. The van der Waals surface area contributed by atoms with Crippen LogP contribution in [0.3, 0.4) is 0 Å². The molecule has 2 fully saturated rings. The molecule has 1 heterocycles. The lowest BCUT2D eigenvalue weighted by atomic mass is 9.81. The van der Waals surface area contributed by atoms with Gasteiger partial charge in [-0.15, -0.1) is 0 Å². The van der Waals surface area contributed by atoms with Crippen LogP contribution >= 0.6 is 12.2 Å². The van der Waals surface area contributed by atoms with Crippen LogP contribution in [0.15, 0.2) is 24.3 Å². The van der Waals surface area contributed by atoms with Crippen LogP contribution in [0.1, 0.15) is 37.7 Å². The Kier molecular flexibility index (Phi) is 7.03. The number of nitrogens with zero attached hydrogens (tertiary/aromatic N) is 1. The number of methoxy groups -OCH3 is 1. The maximum Gasteiger partial charge on any atom is 0.240 e. The Morgan fingerprint density at radius 1 is 1.10 bits per heavy atom. The number of fused-ring (bicyclic) bond motifs is 1. The third-order valence-electron chi connectivity index (χ3n) is 5.42. The maximum atomic E-state index is 12.4. The van der Waals surface area contributed by atoms with Crippen LogP contribution in [0, 0.1) is 11.8 Å². The van der Waals surface area contributed by atoms with Crippen LogP contribution in [0.25, 0.3) is 0 Å². The minimum atomic E-state index is -0.339. The van der Waals surface area contributed by atoms with Crippen LogP contribution in [0.4, 0.5) is 0 Å². The molecule has 0 radical (unpaired) electrons. The summed E-state index contributed by atoms with van der Waals surface area (Å²) in [5.41, 5.74) is 6.13. The van der Waals surface area contributed by atoms with E-state index in [1.54, 1.807) is 7.11 Å². The number of carbonyl (C=O) groups is 3. The highest BCUT2D eigenvalue weighted by atomic mass is 32.1. The van der Waals surface area contributed by atoms with Gasteiger partial charge in [0, 0.05) is 19.5 Å². The number of hydrazine groups is 1. The number of benzene rings is 1. The molecule has 9 heteroatoms. The number of hydrogen-bond acceptors (Lipinski definition) is 5. The van der Waals surface area contributed by atoms with Gasteiger partial charge in [-0.1, -0.05) is 25.0 Å². The summed E-state index contributed by atoms with van der Waals surface area (Å²) in [6, 6.07) is 7.53. The van der Waals surface area contributed by atoms with E-state index in [9.17, 15) is 14.4 Å². The second-order valence-electron chi connectivity index (χ2n) is 7.28. The van der Waals surface area contributed by atoms with Crippen molar-refractivity contribution in [3.8, 4) is 5.75 Å². The van der Waals surface area contributed by atoms with Crippen LogP contribution < -0.4 is 20.9 Å². The molecule has 3 rings (SSSR count). The normalized spacial score (nSPS) is 20.8. The fourth-order valence-corrected chi connectivity index (χ4v) is 3.95. The Labute approximate surface area is 175 Å². The monoisotopic (exact) mass is 418 g/mol. The van der Waals surface area contributed by atoms with Gasteiger partial charge >= 0.3 is 0 Å². The number of ether oxygens (including phenoxy) is 1. The standard InChI is InChI=1S/C20H26N4O4S/c1-28-14-8-6-13(7-9-14)12-21-20(29)23-22-17(25)10-11-24-18(26)15-4-2-3-5-16(15)19(24)27/h6-9,15-16H,2-5,10-12H2,1H3,(H,22,25)(H2,21,23,29)/t15-,16-/m1/s1. The topological polar surface area (TPSA) is 99.8 Å². The van der Waals surface area contributed by atoms with E-state index in [1.165, 1.54) is 4.90 Å². The number of carbonyl (C=O) groups excluding carboxylic acids is 3. The molecule has 2 aliphatic rings. The van der Waals surface area contributed by atoms with Gasteiger partial charge in [0.05, 0.1) is 18.9 Å². The van der Waals surface area contributed by atoms with Crippen molar-refractivity contribution in [1.29, 1.82) is 0 Å². The van der Waals surface area contributed by atoms with E-state index in [-0.39, 0.29) is 47.6 Å². The van der Waals surface area contributed by atoms with Crippen molar-refractivity contribution in [3.63, 3.8) is 0 Å². The highest BCUT2D eigenvalue weighted by molar-refractivity contribution is 7.80. The maximum absolute atomic E-state index is 12.4. The molecule has 3 amide bonds. The Morgan fingerprint density at radius 3 is 2.31 bits per heavy atom. The predicted octanol–water partition coefficient (Wildman–Crippen LogP) is 1.26. The van der Waals surface area contributed by atoms with Crippen molar-refractivity contribution in [2.24, 2.45) is 11.8 Å². The van der Waals surface area contributed by atoms with Crippen LogP contribution in [-0.4, -0.2) is 41.4 Å². The van der Waals surface area contributed by atoms with E-state index in [1.807, 2.05) is 24.3 Å². The Hall–Kier alpha value is -2.68. The molecule has 29 heavy (non-hydrogen) atoms. The van der Waals surface area contributed by atoms with Crippen LogP contribution in [0.5, 0.6) is 5.75 Å². The van der Waals surface area contributed by atoms with Crippen molar-refractivity contribution in [2.75, 3.05) is 13.7 Å². The van der Waals surface area contributed by atoms with Crippen molar-refractivity contribution in [1.82, 2.24) is 21.1 Å². The molecule has 0 unspecified atom stereocenters. The number of nitrogens with one attached hydrogen (secondary N) is 3. The Bertz CT molecular complexity index is 759. The molecular formula is C20H26N4O4S. The summed E-state index contributed by atoms with van der Waals surface area (Å²) in [5.74, 6) is -0.196. The second-order valence-corrected chi connectivity index (χ2v) is 7.69. The van der Waals surface area contributed by atoms with Crippen molar-refractivity contribution >= 4 is 35.1 Å².